The number of nitrogens with zero attached hydrogens (tertiary/aromatic N) is 2. The van der Waals surface area contributed by atoms with E-state index in [0.717, 1.165) is 23.6 Å². The van der Waals surface area contributed by atoms with Gasteiger partial charge in [-0.25, -0.2) is 9.78 Å². The lowest BCUT2D eigenvalue weighted by Gasteiger charge is -2.30. The fourth-order valence-corrected chi connectivity index (χ4v) is 4.13. The van der Waals surface area contributed by atoms with E-state index < -0.39 is 0 Å². The number of aromatic nitrogens is 1. The van der Waals surface area contributed by atoms with E-state index in [1.54, 1.807) is 17.6 Å². The highest BCUT2D eigenvalue weighted by Gasteiger charge is 2.41. The number of hydrogen-bond donors (Lipinski definition) is 1. The highest BCUT2D eigenvalue weighted by Crippen LogP contribution is 2.43. The van der Waals surface area contributed by atoms with E-state index in [-0.39, 0.29) is 18.1 Å². The van der Waals surface area contributed by atoms with Gasteiger partial charge in [0, 0.05) is 17.1 Å². The van der Waals surface area contributed by atoms with Gasteiger partial charge < -0.3 is 14.6 Å². The lowest BCUT2D eigenvalue weighted by molar-refractivity contribution is 0.161. The fraction of sp³-hybridized carbons (Fsp3) is 0.556. The van der Waals surface area contributed by atoms with Gasteiger partial charge in [-0.15, -0.1) is 11.3 Å². The molecule has 0 bridgehead atoms. The van der Waals surface area contributed by atoms with Gasteiger partial charge in [-0.1, -0.05) is 0 Å². The van der Waals surface area contributed by atoms with Crippen molar-refractivity contribution in [1.82, 2.24) is 15.2 Å². The summed E-state index contributed by atoms with van der Waals surface area (Å²) in [6.07, 6.45) is 8.04. The lowest BCUT2D eigenvalue weighted by Crippen LogP contribution is -2.44. The molecule has 2 atom stereocenters. The van der Waals surface area contributed by atoms with Gasteiger partial charge in [-0.2, -0.15) is 0 Å². The monoisotopic (exact) mass is 345 g/mol. The third-order valence-corrected chi connectivity index (χ3v) is 5.82. The smallest absolute Gasteiger partial charge is 0.318 e. The number of nitrogens with one attached hydrogen (secondary N) is 1. The van der Waals surface area contributed by atoms with E-state index in [0.29, 0.717) is 12.0 Å². The number of thiazole rings is 1. The van der Waals surface area contributed by atoms with Gasteiger partial charge in [-0.05, 0) is 57.6 Å². The lowest BCUT2D eigenvalue weighted by atomic mass is 10.2. The van der Waals surface area contributed by atoms with E-state index in [4.69, 9.17) is 4.42 Å². The number of carbonyl (C=O) groups is 1. The minimum Gasteiger partial charge on any atom is -0.467 e. The molecular weight excluding hydrogens is 322 g/mol. The molecule has 2 aromatic heterocycles. The minimum absolute atomic E-state index is 0.00570. The summed E-state index contributed by atoms with van der Waals surface area (Å²) in [5, 5.41) is 4.30. The molecule has 2 saturated carbocycles. The van der Waals surface area contributed by atoms with E-state index in [2.05, 4.69) is 17.2 Å². The standard InChI is InChI=1S/C18H23N3O2S/c1-11-10-19-17(24-11)16(13-5-6-13)20-18(22)21(14-7-8-14)12(2)15-4-3-9-23-15/h3-4,9-10,12-14,16H,5-8H2,1-2H3,(H,20,22)/t12-,16-/m0/s1. The first-order chi connectivity index (χ1) is 11.6. The largest absolute Gasteiger partial charge is 0.467 e. The van der Waals surface area contributed by atoms with Gasteiger partial charge in [0.25, 0.3) is 0 Å². The molecule has 4 rings (SSSR count). The summed E-state index contributed by atoms with van der Waals surface area (Å²) >= 11 is 1.69. The Morgan fingerprint density at radius 1 is 1.42 bits per heavy atom. The summed E-state index contributed by atoms with van der Waals surface area (Å²) in [6, 6.07) is 4.14. The van der Waals surface area contributed by atoms with Crippen LogP contribution in [0.1, 0.15) is 60.3 Å². The summed E-state index contributed by atoms with van der Waals surface area (Å²) in [5.41, 5.74) is 0. The van der Waals surface area contributed by atoms with Crippen molar-refractivity contribution in [2.75, 3.05) is 0 Å². The molecule has 5 nitrogen and oxygen atoms in total. The molecule has 0 unspecified atom stereocenters. The average molecular weight is 345 g/mol. The SMILES string of the molecule is Cc1cnc([C@@H](NC(=O)N(C2CC2)[C@@H](C)c2ccco2)C2CC2)s1. The second kappa shape index (κ2) is 6.24. The molecule has 2 heterocycles. The molecule has 0 saturated heterocycles. The van der Waals surface area contributed by atoms with Crippen LogP contribution >= 0.6 is 11.3 Å². The highest BCUT2D eigenvalue weighted by molar-refractivity contribution is 7.11. The number of urea groups is 1. The molecule has 0 spiro atoms. The molecule has 128 valence electrons. The van der Waals surface area contributed by atoms with Crippen LogP contribution in [0.4, 0.5) is 4.79 Å². The molecular formula is C18H23N3O2S. The van der Waals surface area contributed by atoms with Crippen LogP contribution < -0.4 is 5.32 Å². The van der Waals surface area contributed by atoms with Gasteiger partial charge in [0.2, 0.25) is 0 Å². The maximum atomic E-state index is 13.0. The second-order valence-corrected chi connectivity index (χ2v) is 8.17. The van der Waals surface area contributed by atoms with Gasteiger partial charge in [0.15, 0.2) is 0 Å². The molecule has 2 fully saturated rings. The summed E-state index contributed by atoms with van der Waals surface area (Å²) < 4.78 is 5.53. The number of carbonyl (C=O) groups excluding carboxylic acids is 1. The number of furan rings is 1. The Labute approximate surface area is 146 Å². The molecule has 1 N–H and O–H groups in total. The van der Waals surface area contributed by atoms with Crippen molar-refractivity contribution >= 4 is 17.4 Å². The van der Waals surface area contributed by atoms with E-state index in [1.165, 1.54) is 17.7 Å². The molecule has 0 aromatic carbocycles. The normalized spacial score (nSPS) is 19.8. The Morgan fingerprint density at radius 2 is 2.21 bits per heavy atom. The summed E-state index contributed by atoms with van der Waals surface area (Å²) in [6.45, 7) is 4.10. The zero-order chi connectivity index (χ0) is 16.7. The first kappa shape index (κ1) is 15.7. The molecule has 0 radical (unpaired) electrons. The molecule has 2 aliphatic carbocycles. The number of hydrogen-bond acceptors (Lipinski definition) is 4. The Morgan fingerprint density at radius 3 is 2.75 bits per heavy atom. The van der Waals surface area contributed by atoms with E-state index in [1.807, 2.05) is 30.2 Å². The van der Waals surface area contributed by atoms with Gasteiger partial charge in [0.1, 0.15) is 10.8 Å². The number of aryl methyl sites for hydroxylation is 1. The maximum absolute atomic E-state index is 13.0. The van der Waals surface area contributed by atoms with Crippen molar-refractivity contribution in [2.24, 2.45) is 5.92 Å². The summed E-state index contributed by atoms with van der Waals surface area (Å²) in [7, 11) is 0. The van der Waals surface area contributed by atoms with Crippen LogP contribution in [0, 0.1) is 12.8 Å². The van der Waals surface area contributed by atoms with Crippen molar-refractivity contribution in [2.45, 2.75) is 57.7 Å². The predicted octanol–water partition coefficient (Wildman–Crippen LogP) is 4.43. The average Bonchev–Trinajstić information content (AvgIpc) is 3.47. The van der Waals surface area contributed by atoms with Gasteiger partial charge >= 0.3 is 6.03 Å². The van der Waals surface area contributed by atoms with Crippen LogP contribution in [0.2, 0.25) is 0 Å². The zero-order valence-corrected chi connectivity index (χ0v) is 14.9. The zero-order valence-electron chi connectivity index (χ0n) is 14.1. The van der Waals surface area contributed by atoms with Crippen LogP contribution in [-0.4, -0.2) is 22.0 Å². The first-order valence-electron chi connectivity index (χ1n) is 8.68. The third kappa shape index (κ3) is 3.20. The van der Waals surface area contributed by atoms with Crippen molar-refractivity contribution in [3.05, 3.63) is 40.2 Å². The minimum atomic E-state index is -0.0506. The fourth-order valence-electron chi connectivity index (χ4n) is 3.21. The van der Waals surface area contributed by atoms with Crippen molar-refractivity contribution in [3.63, 3.8) is 0 Å². The van der Waals surface area contributed by atoms with Crippen molar-refractivity contribution in [3.8, 4) is 0 Å². The molecule has 24 heavy (non-hydrogen) atoms. The van der Waals surface area contributed by atoms with Crippen LogP contribution in [-0.2, 0) is 0 Å². The van der Waals surface area contributed by atoms with Gasteiger partial charge in [0.05, 0.1) is 18.3 Å². The van der Waals surface area contributed by atoms with Crippen LogP contribution in [0.5, 0.6) is 0 Å². The van der Waals surface area contributed by atoms with E-state index >= 15 is 0 Å². The molecule has 6 heteroatoms. The van der Waals surface area contributed by atoms with Crippen molar-refractivity contribution < 1.29 is 9.21 Å². The van der Waals surface area contributed by atoms with Crippen LogP contribution in [0.3, 0.4) is 0 Å². The highest BCUT2D eigenvalue weighted by atomic mass is 32.1. The van der Waals surface area contributed by atoms with Gasteiger partial charge in [-0.3, -0.25) is 0 Å². The van der Waals surface area contributed by atoms with Crippen LogP contribution in [0.15, 0.2) is 29.0 Å². The van der Waals surface area contributed by atoms with Crippen molar-refractivity contribution in [1.29, 1.82) is 0 Å². The van der Waals surface area contributed by atoms with Crippen LogP contribution in [0.25, 0.3) is 0 Å². The Bertz CT molecular complexity index is 704. The quantitative estimate of drug-likeness (QED) is 0.842. The summed E-state index contributed by atoms with van der Waals surface area (Å²) in [5.74, 6) is 1.37. The Balaban J connectivity index is 1.52. The molecule has 2 aliphatic rings. The second-order valence-electron chi connectivity index (χ2n) is 6.90. The number of rotatable bonds is 6. The number of amides is 2. The van der Waals surface area contributed by atoms with E-state index in [9.17, 15) is 4.79 Å². The maximum Gasteiger partial charge on any atom is 0.318 e. The summed E-state index contributed by atoms with van der Waals surface area (Å²) in [4.78, 5) is 20.7. The first-order valence-corrected chi connectivity index (χ1v) is 9.49. The predicted molar refractivity (Wildman–Crippen MR) is 92.8 cm³/mol. The Hall–Kier alpha value is -1.82. The molecule has 0 aliphatic heterocycles. The molecule has 2 amide bonds. The Kier molecular flexibility index (Phi) is 4.08. The topological polar surface area (TPSA) is 58.4 Å². The molecule has 2 aromatic rings. The third-order valence-electron chi connectivity index (χ3n) is 4.82.